The third kappa shape index (κ3) is 10.6. The zero-order valence-electron chi connectivity index (χ0n) is 29.4. The molecule has 6 saturated heterocycles. The second kappa shape index (κ2) is 18.5. The van der Waals surface area contributed by atoms with E-state index in [0.29, 0.717) is 32.8 Å². The number of piperidine rings is 4. The Hall–Kier alpha value is -4.08. The first-order chi connectivity index (χ1) is 25.4. The maximum Gasteiger partial charge on any atom is 0.325 e. The topological polar surface area (TPSA) is 296 Å². The van der Waals surface area contributed by atoms with Crippen molar-refractivity contribution in [3.05, 3.63) is 0 Å². The number of rotatable bonds is 6. The van der Waals surface area contributed by atoms with E-state index in [1.165, 1.54) is 0 Å². The first-order valence-electron chi connectivity index (χ1n) is 16.4. The molecular formula is C32H42Cl2N4O16. The number of carbonyl (C=O) groups excluding carboxylic acids is 10. The summed E-state index contributed by atoms with van der Waals surface area (Å²) in [5.41, 5.74) is -2.99. The number of carbonyl (C=O) groups is 10. The third-order valence-corrected chi connectivity index (χ3v) is 10.1. The number of ketones is 4. The van der Waals surface area contributed by atoms with Crippen LogP contribution < -0.4 is 21.3 Å². The third-order valence-electron chi connectivity index (χ3n) is 9.07. The normalized spacial score (nSPS) is 29.1. The Labute approximate surface area is 317 Å². The maximum atomic E-state index is 11.6. The number of methoxy groups -OCH3 is 2. The quantitative estimate of drug-likeness (QED) is 0.0850. The van der Waals surface area contributed by atoms with Gasteiger partial charge in [-0.25, -0.2) is 0 Å². The smallest absolute Gasteiger partial charge is 0.325 e. The van der Waals surface area contributed by atoms with E-state index in [-0.39, 0.29) is 79.4 Å². The van der Waals surface area contributed by atoms with Gasteiger partial charge in [0, 0.05) is 37.4 Å². The summed E-state index contributed by atoms with van der Waals surface area (Å²) >= 11 is 11.1. The van der Waals surface area contributed by atoms with E-state index in [0.717, 1.165) is 14.2 Å². The number of esters is 2. The molecule has 2 spiro atoms. The number of Topliss-reactive ketones (excluding diaryl/α,β-unsaturated/α-hetero) is 4. The van der Waals surface area contributed by atoms with Crippen LogP contribution in [0.1, 0.15) is 38.5 Å². The van der Waals surface area contributed by atoms with Crippen LogP contribution in [0.15, 0.2) is 0 Å². The molecule has 6 aliphatic heterocycles. The fourth-order valence-electron chi connectivity index (χ4n) is 6.12. The number of nitrogens with one attached hydrogen (secondary N) is 4. The summed E-state index contributed by atoms with van der Waals surface area (Å²) in [5.74, 6) is -7.52. The van der Waals surface area contributed by atoms with Crippen LogP contribution in [0.25, 0.3) is 0 Å². The molecule has 20 nitrogen and oxygen atoms in total. The number of amides is 4. The highest BCUT2D eigenvalue weighted by molar-refractivity contribution is 6.22. The number of halogens is 2. The number of hydrogen-bond donors (Lipinski definition) is 6. The van der Waals surface area contributed by atoms with E-state index in [4.69, 9.17) is 42.9 Å². The molecule has 6 heterocycles. The van der Waals surface area contributed by atoms with Gasteiger partial charge in [-0.15, -0.1) is 23.2 Å². The molecule has 0 radical (unpaired) electrons. The van der Waals surface area contributed by atoms with Gasteiger partial charge in [0.2, 0.25) is 23.6 Å². The summed E-state index contributed by atoms with van der Waals surface area (Å²) in [4.78, 5) is 112. The maximum absolute atomic E-state index is 11.6. The Balaban J connectivity index is 0.000000195. The Bertz CT molecular complexity index is 1460. The van der Waals surface area contributed by atoms with Gasteiger partial charge >= 0.3 is 11.9 Å². The first-order valence-corrected chi connectivity index (χ1v) is 17.5. The Morgan fingerprint density at radius 1 is 0.630 bits per heavy atom. The fraction of sp³-hybridized carbons (Fsp3) is 0.688. The molecule has 0 saturated carbocycles. The summed E-state index contributed by atoms with van der Waals surface area (Å²) in [7, 11) is 2.25. The molecule has 22 heteroatoms. The van der Waals surface area contributed by atoms with Crippen LogP contribution in [-0.2, 0) is 66.9 Å². The van der Waals surface area contributed by atoms with E-state index in [9.17, 15) is 47.9 Å². The summed E-state index contributed by atoms with van der Waals surface area (Å²) in [6.45, 7) is 0.890. The molecule has 4 atom stereocenters. The van der Waals surface area contributed by atoms with Crippen molar-refractivity contribution in [1.82, 2.24) is 21.3 Å². The largest absolute Gasteiger partial charge is 0.468 e. The molecule has 6 fully saturated rings. The van der Waals surface area contributed by atoms with Crippen LogP contribution in [0.3, 0.4) is 0 Å². The van der Waals surface area contributed by atoms with Crippen LogP contribution in [-0.4, -0.2) is 157 Å². The van der Waals surface area contributed by atoms with Crippen LogP contribution in [0.2, 0.25) is 0 Å². The van der Waals surface area contributed by atoms with Crippen molar-refractivity contribution in [2.45, 2.75) is 60.7 Å². The summed E-state index contributed by atoms with van der Waals surface area (Å²) < 4.78 is 18.6. The molecule has 6 aliphatic rings. The van der Waals surface area contributed by atoms with E-state index < -0.39 is 70.4 Å². The lowest BCUT2D eigenvalue weighted by atomic mass is 9.81. The van der Waals surface area contributed by atoms with Crippen molar-refractivity contribution >= 4 is 81.9 Å². The second-order valence-electron chi connectivity index (χ2n) is 13.7. The average molecular weight is 810 g/mol. The van der Waals surface area contributed by atoms with Gasteiger partial charge in [-0.1, -0.05) is 0 Å². The molecular weight excluding hydrogens is 767 g/mol. The highest BCUT2D eigenvalue weighted by atomic mass is 35.5. The summed E-state index contributed by atoms with van der Waals surface area (Å²) in [5, 5.41) is 28.3. The Morgan fingerprint density at radius 3 is 1.39 bits per heavy atom. The van der Waals surface area contributed by atoms with Gasteiger partial charge in [0.1, 0.15) is 11.6 Å². The van der Waals surface area contributed by atoms with Gasteiger partial charge in [0.25, 0.3) is 0 Å². The molecule has 4 amide bonds. The molecule has 0 aromatic heterocycles. The predicted octanol–water partition coefficient (Wildman–Crippen LogP) is -3.86. The van der Waals surface area contributed by atoms with Crippen LogP contribution in [0.4, 0.5) is 0 Å². The molecule has 6 N–H and O–H groups in total. The highest BCUT2D eigenvalue weighted by Gasteiger charge is 2.52. The molecule has 4 unspecified atom stereocenters. The molecule has 0 aliphatic carbocycles. The summed E-state index contributed by atoms with van der Waals surface area (Å²) in [6.07, 6.45) is 0.467. The van der Waals surface area contributed by atoms with Crippen molar-refractivity contribution in [2.75, 3.05) is 65.6 Å². The Kier molecular flexibility index (Phi) is 15.2. The lowest BCUT2D eigenvalue weighted by Crippen LogP contribution is -2.68. The minimum absolute atomic E-state index is 0.0250. The Morgan fingerprint density at radius 2 is 1.04 bits per heavy atom. The fourth-order valence-corrected chi connectivity index (χ4v) is 6.61. The van der Waals surface area contributed by atoms with Crippen LogP contribution in [0.5, 0.6) is 0 Å². The van der Waals surface area contributed by atoms with Gasteiger partial charge in [-0.05, 0) is 0 Å². The number of aliphatic hydroxyl groups excluding tert-OH is 2. The van der Waals surface area contributed by atoms with Gasteiger partial charge in [0.15, 0.2) is 23.4 Å². The number of hydrogen-bond acceptors (Lipinski definition) is 16. The number of ether oxygens (including phenoxy) is 4. The minimum atomic E-state index is -1.45. The summed E-state index contributed by atoms with van der Waals surface area (Å²) in [6, 6.07) is 0. The number of aliphatic hydroxyl groups is 2. The zero-order valence-corrected chi connectivity index (χ0v) is 30.9. The average Bonchev–Trinajstić information content (AvgIpc) is 3.09. The molecule has 54 heavy (non-hydrogen) atoms. The SMILES string of the molecule is COC(=O)C1C(=O)CC(CO)(CCl)NC1=O.COC(=O)C1C(=O)CC2(COC2)NC1=O.O=C1CC(=O)NC(CO)(CCl)C1.O=C1CC(=O)NC2(COC2)C1. The number of alkyl halides is 2. The van der Waals surface area contributed by atoms with E-state index in [1.54, 1.807) is 0 Å². The standard InChI is InChI=1S/C9H12ClNO5.C9H11NO5.C7H10ClNO3.C7H9NO3/c1-16-8(15)6-5(13)2-9(3-10,4-12)11-7(6)14;1-14-8(13)6-5(11)2-9(3-15-4-9)10-7(6)12;8-3-7(4-10)2-5(11)1-6(12)9-7;9-5-1-6(10)8-7(2-5)3-11-4-7/h6,12H,2-4H2,1H3,(H,11,14);6H,2-4H2,1H3,(H,10,12);10H,1-4H2,(H,9,12);1-4H2,(H,8,10). The van der Waals surface area contributed by atoms with Crippen molar-refractivity contribution < 1.29 is 77.1 Å². The van der Waals surface area contributed by atoms with Gasteiger partial charge in [-0.2, -0.15) is 0 Å². The zero-order chi connectivity index (χ0) is 40.5. The van der Waals surface area contributed by atoms with Crippen LogP contribution in [0, 0.1) is 11.8 Å². The van der Waals surface area contributed by atoms with Crippen molar-refractivity contribution in [1.29, 1.82) is 0 Å². The monoisotopic (exact) mass is 808 g/mol. The van der Waals surface area contributed by atoms with Crippen molar-refractivity contribution in [3.8, 4) is 0 Å². The molecule has 6 rings (SSSR count). The molecule has 300 valence electrons. The van der Waals surface area contributed by atoms with Gasteiger partial charge in [-0.3, -0.25) is 47.9 Å². The lowest BCUT2D eigenvalue weighted by Gasteiger charge is -2.45. The van der Waals surface area contributed by atoms with Crippen molar-refractivity contribution in [3.63, 3.8) is 0 Å². The molecule has 0 bridgehead atoms. The first kappa shape index (κ1) is 44.3. The molecule has 0 aromatic rings. The van der Waals surface area contributed by atoms with Gasteiger partial charge in [0.05, 0.1) is 88.9 Å². The second-order valence-corrected chi connectivity index (χ2v) is 14.3. The molecule has 0 aromatic carbocycles. The van der Waals surface area contributed by atoms with E-state index in [2.05, 4.69) is 30.7 Å². The van der Waals surface area contributed by atoms with E-state index in [1.807, 2.05) is 0 Å². The predicted molar refractivity (Wildman–Crippen MR) is 179 cm³/mol. The lowest BCUT2D eigenvalue weighted by molar-refractivity contribution is -0.165. The van der Waals surface area contributed by atoms with Crippen molar-refractivity contribution in [2.24, 2.45) is 11.8 Å². The van der Waals surface area contributed by atoms with E-state index >= 15 is 0 Å². The van der Waals surface area contributed by atoms with Crippen LogP contribution >= 0.6 is 23.2 Å². The highest BCUT2D eigenvalue weighted by Crippen LogP contribution is 2.29. The minimum Gasteiger partial charge on any atom is -0.468 e. The van der Waals surface area contributed by atoms with Gasteiger partial charge < -0.3 is 50.4 Å².